The first kappa shape index (κ1) is 23.6. The van der Waals surface area contributed by atoms with Crippen LogP contribution in [-0.4, -0.2) is 33.0 Å². The number of benzene rings is 2. The molecule has 2 aromatic rings. The van der Waals surface area contributed by atoms with Crippen molar-refractivity contribution in [3.05, 3.63) is 56.0 Å². The second-order valence-electron chi connectivity index (χ2n) is 7.15. The Kier molecular flexibility index (Phi) is 6.99. The number of amides is 2. The summed E-state index contributed by atoms with van der Waals surface area (Å²) in [6.07, 6.45) is 1.54. The number of hydrazone groups is 1. The van der Waals surface area contributed by atoms with E-state index in [1.54, 1.807) is 13.8 Å². The molecular formula is C20H20Br2N4O4S. The third kappa shape index (κ3) is 4.89. The summed E-state index contributed by atoms with van der Waals surface area (Å²) < 4.78 is 24.9. The molecule has 0 radical (unpaired) electrons. The van der Waals surface area contributed by atoms with Gasteiger partial charge in [-0.1, -0.05) is 30.3 Å². The highest BCUT2D eigenvalue weighted by molar-refractivity contribution is 9.11. The quantitative estimate of drug-likeness (QED) is 0.423. The van der Waals surface area contributed by atoms with Crippen molar-refractivity contribution in [3.63, 3.8) is 0 Å². The van der Waals surface area contributed by atoms with E-state index in [1.165, 1.54) is 11.1 Å². The van der Waals surface area contributed by atoms with Crippen molar-refractivity contribution in [1.29, 1.82) is 0 Å². The molecule has 1 fully saturated rings. The molecule has 3 N–H and O–H groups in total. The van der Waals surface area contributed by atoms with Crippen molar-refractivity contribution in [2.45, 2.75) is 25.2 Å². The highest BCUT2D eigenvalue weighted by atomic mass is 79.9. The lowest BCUT2D eigenvalue weighted by atomic mass is 10.1. The van der Waals surface area contributed by atoms with Crippen LogP contribution in [0.5, 0.6) is 0 Å². The van der Waals surface area contributed by atoms with Crippen LogP contribution in [0.2, 0.25) is 0 Å². The maximum Gasteiger partial charge on any atom is 0.245 e. The summed E-state index contributed by atoms with van der Waals surface area (Å²) in [6, 6.07) is 9.29. The molecule has 0 bridgehead atoms. The molecule has 1 aliphatic heterocycles. The monoisotopic (exact) mass is 570 g/mol. The highest BCUT2D eigenvalue weighted by Gasteiger charge is 2.38. The summed E-state index contributed by atoms with van der Waals surface area (Å²) in [6.45, 7) is 3.35. The van der Waals surface area contributed by atoms with Crippen LogP contribution in [0.25, 0.3) is 0 Å². The van der Waals surface area contributed by atoms with Gasteiger partial charge in [-0.05, 0) is 62.4 Å². The second kappa shape index (κ2) is 9.19. The molecule has 0 spiro atoms. The predicted molar refractivity (Wildman–Crippen MR) is 125 cm³/mol. The van der Waals surface area contributed by atoms with E-state index in [4.69, 9.17) is 5.14 Å². The third-order valence-corrected chi connectivity index (χ3v) is 8.12. The molecule has 1 unspecified atom stereocenters. The fourth-order valence-corrected chi connectivity index (χ4v) is 6.30. The van der Waals surface area contributed by atoms with Crippen LogP contribution in [0.4, 0.5) is 5.69 Å². The number of carbonyl (C=O) groups is 2. The van der Waals surface area contributed by atoms with Gasteiger partial charge in [0.05, 0.1) is 22.7 Å². The average molecular weight is 572 g/mol. The van der Waals surface area contributed by atoms with Crippen molar-refractivity contribution < 1.29 is 18.0 Å². The van der Waals surface area contributed by atoms with Crippen LogP contribution in [0.3, 0.4) is 0 Å². The van der Waals surface area contributed by atoms with Gasteiger partial charge in [-0.3, -0.25) is 9.59 Å². The van der Waals surface area contributed by atoms with E-state index in [0.717, 1.165) is 5.56 Å². The molecular weight excluding hydrogens is 552 g/mol. The Morgan fingerprint density at radius 3 is 2.32 bits per heavy atom. The largest absolute Gasteiger partial charge is 0.309 e. The van der Waals surface area contributed by atoms with Crippen molar-refractivity contribution in [3.8, 4) is 0 Å². The summed E-state index contributed by atoms with van der Waals surface area (Å²) in [5, 5.41) is 9.32. The summed E-state index contributed by atoms with van der Waals surface area (Å²) in [5.74, 6) is -1.22. The molecule has 0 saturated carbocycles. The van der Waals surface area contributed by atoms with Gasteiger partial charge >= 0.3 is 0 Å². The maximum atomic E-state index is 12.7. The number of halogens is 2. The Labute approximate surface area is 197 Å². The number of sulfonamides is 1. The van der Waals surface area contributed by atoms with Crippen molar-refractivity contribution in [2.75, 3.05) is 11.4 Å². The molecule has 31 heavy (non-hydrogen) atoms. The van der Waals surface area contributed by atoms with Gasteiger partial charge < -0.3 is 4.90 Å². The van der Waals surface area contributed by atoms with Gasteiger partial charge in [-0.2, -0.15) is 5.10 Å². The molecule has 2 amide bonds. The number of nitrogens with zero attached hydrogens (tertiary/aromatic N) is 2. The molecule has 164 valence electrons. The van der Waals surface area contributed by atoms with Gasteiger partial charge in [0.2, 0.25) is 21.8 Å². The molecule has 11 heteroatoms. The van der Waals surface area contributed by atoms with Gasteiger partial charge in [0.15, 0.2) is 0 Å². The van der Waals surface area contributed by atoms with Gasteiger partial charge in [-0.15, -0.1) is 0 Å². The van der Waals surface area contributed by atoms with E-state index < -0.39 is 15.9 Å². The number of hydrogen-bond acceptors (Lipinski definition) is 5. The Hall–Kier alpha value is -2.08. The number of nitrogens with two attached hydrogens (primary N) is 1. The lowest BCUT2D eigenvalue weighted by molar-refractivity contribution is -0.126. The molecule has 1 saturated heterocycles. The van der Waals surface area contributed by atoms with Crippen LogP contribution in [0, 0.1) is 19.8 Å². The van der Waals surface area contributed by atoms with Crippen LogP contribution < -0.4 is 15.5 Å². The molecule has 1 atom stereocenters. The van der Waals surface area contributed by atoms with Gasteiger partial charge in [0.1, 0.15) is 0 Å². The second-order valence-corrected chi connectivity index (χ2v) is 10.2. The lowest BCUT2D eigenvalue weighted by Crippen LogP contribution is -2.31. The number of primary sulfonamides is 1. The number of nitrogens with one attached hydrogen (secondary N) is 1. The normalized spacial score (nSPS) is 16.9. The fourth-order valence-electron chi connectivity index (χ4n) is 3.50. The van der Waals surface area contributed by atoms with Gasteiger partial charge in [0, 0.05) is 21.9 Å². The van der Waals surface area contributed by atoms with E-state index >= 15 is 0 Å². The summed E-state index contributed by atoms with van der Waals surface area (Å²) >= 11 is 6.81. The summed E-state index contributed by atoms with van der Waals surface area (Å²) in [4.78, 5) is 26.7. The van der Waals surface area contributed by atoms with Crippen molar-refractivity contribution in [2.24, 2.45) is 16.2 Å². The minimum absolute atomic E-state index is 0.00816. The minimum Gasteiger partial charge on any atom is -0.309 e. The molecule has 0 aliphatic carbocycles. The van der Waals surface area contributed by atoms with Crippen LogP contribution in [0.15, 0.2) is 49.3 Å². The number of rotatable bonds is 5. The highest BCUT2D eigenvalue weighted by Crippen LogP contribution is 2.44. The number of hydrogen-bond donors (Lipinski definition) is 2. The van der Waals surface area contributed by atoms with E-state index in [0.29, 0.717) is 25.8 Å². The van der Waals surface area contributed by atoms with E-state index in [1.807, 2.05) is 30.3 Å². The summed E-state index contributed by atoms with van der Waals surface area (Å²) in [7, 11) is -3.96. The zero-order valence-corrected chi connectivity index (χ0v) is 20.7. The predicted octanol–water partition coefficient (Wildman–Crippen LogP) is 2.98. The van der Waals surface area contributed by atoms with Crippen LogP contribution in [0.1, 0.15) is 23.1 Å². The molecule has 2 aromatic carbocycles. The van der Waals surface area contributed by atoms with E-state index in [-0.39, 0.29) is 29.7 Å². The lowest BCUT2D eigenvalue weighted by Gasteiger charge is -2.24. The topological polar surface area (TPSA) is 122 Å². The Morgan fingerprint density at radius 2 is 1.77 bits per heavy atom. The van der Waals surface area contributed by atoms with Crippen molar-refractivity contribution in [1.82, 2.24) is 5.43 Å². The summed E-state index contributed by atoms with van der Waals surface area (Å²) in [5.41, 5.74) is 4.57. The Bertz CT molecular complexity index is 1150. The van der Waals surface area contributed by atoms with Gasteiger partial charge in [-0.25, -0.2) is 19.0 Å². The van der Waals surface area contributed by atoms with Gasteiger partial charge in [0.25, 0.3) is 0 Å². The third-order valence-electron chi connectivity index (χ3n) is 4.99. The van der Waals surface area contributed by atoms with Crippen LogP contribution >= 0.6 is 31.9 Å². The molecule has 3 rings (SSSR count). The minimum atomic E-state index is -3.96. The molecule has 0 aromatic heterocycles. The Balaban J connectivity index is 1.83. The molecule has 8 nitrogen and oxygen atoms in total. The van der Waals surface area contributed by atoms with Crippen LogP contribution in [-0.2, 0) is 19.6 Å². The maximum absolute atomic E-state index is 12.7. The average Bonchev–Trinajstić information content (AvgIpc) is 3.08. The smallest absolute Gasteiger partial charge is 0.245 e. The standard InChI is InChI=1S/C20H20Br2N4O4S/c1-11-16(21)18(17(22)12(2)19(11)31(23,29)30)26-10-14(8-15(26)27)20(28)25-24-9-13-6-4-3-5-7-13/h3-7,9,14H,8,10H2,1-2H3,(H,25,28)(H2,23,29,30)/b24-9+. The molecule has 1 heterocycles. The SMILES string of the molecule is Cc1c(Br)c(N2CC(C(=O)N/N=C/c3ccccc3)CC2=O)c(Br)c(C)c1S(N)(=O)=O. The van der Waals surface area contributed by atoms with E-state index in [2.05, 4.69) is 42.4 Å². The first-order valence-electron chi connectivity index (χ1n) is 9.21. The Morgan fingerprint density at radius 1 is 1.19 bits per heavy atom. The van der Waals surface area contributed by atoms with Crippen molar-refractivity contribution >= 4 is 65.6 Å². The number of carbonyl (C=O) groups excluding carboxylic acids is 2. The molecule has 1 aliphatic rings. The first-order valence-corrected chi connectivity index (χ1v) is 12.3. The fraction of sp³-hybridized carbons (Fsp3) is 0.250. The zero-order chi connectivity index (χ0) is 22.9. The number of anilines is 1. The zero-order valence-electron chi connectivity index (χ0n) is 16.7. The van der Waals surface area contributed by atoms with E-state index in [9.17, 15) is 18.0 Å². The first-order chi connectivity index (χ1) is 14.5.